The van der Waals surface area contributed by atoms with Crippen LogP contribution in [0.3, 0.4) is 0 Å². The average Bonchev–Trinajstić information content (AvgIpc) is 3.14. The van der Waals surface area contributed by atoms with Crippen LogP contribution in [-0.4, -0.2) is 15.6 Å². The number of hydrogen-bond acceptors (Lipinski definition) is 2. The van der Waals surface area contributed by atoms with E-state index in [0.717, 1.165) is 11.4 Å². The number of benzene rings is 3. The van der Waals surface area contributed by atoms with Crippen LogP contribution in [0.5, 0.6) is 5.75 Å². The first-order chi connectivity index (χ1) is 15.7. The smallest absolute Gasteiger partial charge is 0.335 e. The lowest BCUT2D eigenvalue weighted by atomic mass is 10.1. The first kappa shape index (κ1) is 23.5. The fourth-order valence-electron chi connectivity index (χ4n) is 3.54. The van der Waals surface area contributed by atoms with Gasteiger partial charge in [-0.2, -0.15) is 0 Å². The summed E-state index contributed by atoms with van der Waals surface area (Å²) in [4.78, 5) is 11.6. The van der Waals surface area contributed by atoms with Crippen LogP contribution in [-0.2, 0) is 6.61 Å². The van der Waals surface area contributed by atoms with E-state index in [-0.39, 0.29) is 18.0 Å². The van der Waals surface area contributed by atoms with Gasteiger partial charge < -0.3 is 14.4 Å². The van der Waals surface area contributed by atoms with Gasteiger partial charge in [-0.15, -0.1) is 0 Å². The highest BCUT2D eigenvalue weighted by Gasteiger charge is 2.17. The minimum absolute atomic E-state index is 0.0352. The van der Waals surface area contributed by atoms with Crippen molar-refractivity contribution in [2.75, 3.05) is 0 Å². The molecule has 0 bridgehead atoms. The quantitative estimate of drug-likeness (QED) is 0.246. The summed E-state index contributed by atoms with van der Waals surface area (Å²) < 4.78 is 23.5. The topological polar surface area (TPSA) is 51.5 Å². The van der Waals surface area contributed by atoms with E-state index in [4.69, 9.17) is 16.3 Å². The number of carbonyl (C=O) groups is 1. The second-order valence-electron chi connectivity index (χ2n) is 7.36. The van der Waals surface area contributed by atoms with E-state index < -0.39 is 5.97 Å². The molecule has 168 valence electrons. The molecule has 0 aliphatic carbocycles. The first-order valence-electron chi connectivity index (χ1n) is 9.82. The Balaban J connectivity index is 1.78. The lowest BCUT2D eigenvalue weighted by Crippen LogP contribution is -2.04. The SMILES string of the molecule is Cc1ccc(-c2cc(Cl)ccc2OCc2ccc(Br)cc2F)n1-c1cc(Br)cc(C(=O)O)c1. The molecule has 4 aromatic rings. The number of nitrogens with zero attached hydrogens (tertiary/aromatic N) is 1. The van der Waals surface area contributed by atoms with Gasteiger partial charge in [-0.1, -0.05) is 49.5 Å². The lowest BCUT2D eigenvalue weighted by Gasteiger charge is -2.17. The number of halogens is 4. The van der Waals surface area contributed by atoms with Crippen molar-refractivity contribution in [3.8, 4) is 22.7 Å². The third kappa shape index (κ3) is 5.16. The number of aromatic carboxylic acids is 1. The van der Waals surface area contributed by atoms with Crippen molar-refractivity contribution in [1.82, 2.24) is 4.57 Å². The molecule has 0 unspecified atom stereocenters. The molecule has 0 radical (unpaired) electrons. The predicted molar refractivity (Wildman–Crippen MR) is 134 cm³/mol. The van der Waals surface area contributed by atoms with Gasteiger partial charge in [0.05, 0.1) is 11.3 Å². The van der Waals surface area contributed by atoms with Crippen molar-refractivity contribution in [2.24, 2.45) is 0 Å². The molecule has 33 heavy (non-hydrogen) atoms. The molecule has 4 rings (SSSR count). The maximum absolute atomic E-state index is 14.3. The van der Waals surface area contributed by atoms with Crippen LogP contribution >= 0.6 is 43.5 Å². The Bertz CT molecular complexity index is 1370. The van der Waals surface area contributed by atoms with Crippen LogP contribution in [0.25, 0.3) is 16.9 Å². The first-order valence-corrected chi connectivity index (χ1v) is 11.8. The Morgan fingerprint density at radius 1 is 1.03 bits per heavy atom. The summed E-state index contributed by atoms with van der Waals surface area (Å²) in [6, 6.07) is 18.9. The molecule has 0 fully saturated rings. The van der Waals surface area contributed by atoms with Gasteiger partial charge in [-0.3, -0.25) is 0 Å². The molecule has 0 saturated heterocycles. The van der Waals surface area contributed by atoms with Crippen molar-refractivity contribution < 1.29 is 19.0 Å². The second kappa shape index (κ2) is 9.71. The summed E-state index contributed by atoms with van der Waals surface area (Å²) >= 11 is 13.0. The minimum Gasteiger partial charge on any atom is -0.488 e. The summed E-state index contributed by atoms with van der Waals surface area (Å²) in [5.41, 5.74) is 3.60. The Labute approximate surface area is 211 Å². The molecule has 0 spiro atoms. The van der Waals surface area contributed by atoms with Gasteiger partial charge in [0.1, 0.15) is 18.2 Å². The van der Waals surface area contributed by atoms with Gasteiger partial charge in [-0.05, 0) is 67.6 Å². The molecule has 1 aromatic heterocycles. The third-order valence-corrected chi connectivity index (χ3v) is 6.27. The van der Waals surface area contributed by atoms with Crippen molar-refractivity contribution >= 4 is 49.4 Å². The summed E-state index contributed by atoms with van der Waals surface area (Å²) in [6.07, 6.45) is 0. The van der Waals surface area contributed by atoms with Gasteiger partial charge in [0.2, 0.25) is 0 Å². The fourth-order valence-corrected chi connectivity index (χ4v) is 4.53. The Kier molecular flexibility index (Phi) is 6.93. The minimum atomic E-state index is -1.02. The zero-order valence-corrected chi connectivity index (χ0v) is 21.2. The lowest BCUT2D eigenvalue weighted by molar-refractivity contribution is 0.0696. The van der Waals surface area contributed by atoms with E-state index in [1.807, 2.05) is 29.7 Å². The van der Waals surface area contributed by atoms with E-state index in [1.54, 1.807) is 42.5 Å². The van der Waals surface area contributed by atoms with Gasteiger partial charge in [0.15, 0.2) is 0 Å². The van der Waals surface area contributed by atoms with Crippen LogP contribution in [0.2, 0.25) is 5.02 Å². The average molecular weight is 594 g/mol. The van der Waals surface area contributed by atoms with Gasteiger partial charge in [-0.25, -0.2) is 9.18 Å². The van der Waals surface area contributed by atoms with E-state index in [2.05, 4.69) is 31.9 Å². The van der Waals surface area contributed by atoms with Crippen molar-refractivity contribution in [1.29, 1.82) is 0 Å². The summed E-state index contributed by atoms with van der Waals surface area (Å²) in [6.45, 7) is 1.96. The Morgan fingerprint density at radius 3 is 2.55 bits per heavy atom. The molecule has 0 aliphatic heterocycles. The van der Waals surface area contributed by atoms with Crippen molar-refractivity contribution in [2.45, 2.75) is 13.5 Å². The van der Waals surface area contributed by atoms with Gasteiger partial charge in [0.25, 0.3) is 0 Å². The summed E-state index contributed by atoms with van der Waals surface area (Å²) in [5.74, 6) is -0.865. The van der Waals surface area contributed by atoms with Crippen molar-refractivity contribution in [3.63, 3.8) is 0 Å². The largest absolute Gasteiger partial charge is 0.488 e. The molecule has 4 nitrogen and oxygen atoms in total. The van der Waals surface area contributed by atoms with Crippen LogP contribution in [0.4, 0.5) is 4.39 Å². The number of hydrogen-bond donors (Lipinski definition) is 1. The normalized spacial score (nSPS) is 10.9. The van der Waals surface area contributed by atoms with E-state index >= 15 is 0 Å². The highest BCUT2D eigenvalue weighted by Crippen LogP contribution is 2.36. The number of ether oxygens (including phenoxy) is 1. The molecule has 0 aliphatic rings. The molecule has 0 amide bonds. The molecule has 1 heterocycles. The standard InChI is InChI=1S/C25H17Br2ClFNO3/c1-14-2-6-23(30(14)20-9-16(25(31)32)8-18(27)10-20)21-12-19(28)5-7-24(21)33-13-15-3-4-17(26)11-22(15)29/h2-12H,13H2,1H3,(H,31,32). The Morgan fingerprint density at radius 2 is 1.82 bits per heavy atom. The second-order valence-corrected chi connectivity index (χ2v) is 9.63. The monoisotopic (exact) mass is 591 g/mol. The molecular weight excluding hydrogens is 577 g/mol. The van der Waals surface area contributed by atoms with Gasteiger partial charge in [0, 0.05) is 36.5 Å². The third-order valence-electron chi connectivity index (χ3n) is 5.08. The molecule has 3 aromatic carbocycles. The maximum atomic E-state index is 14.3. The zero-order chi connectivity index (χ0) is 23.7. The molecular formula is C25H17Br2ClFNO3. The van der Waals surface area contributed by atoms with Crippen LogP contribution < -0.4 is 4.74 Å². The summed E-state index contributed by atoms with van der Waals surface area (Å²) in [7, 11) is 0. The predicted octanol–water partition coefficient (Wildman–Crippen LogP) is 8.05. The highest BCUT2D eigenvalue weighted by atomic mass is 79.9. The van der Waals surface area contributed by atoms with E-state index in [9.17, 15) is 14.3 Å². The van der Waals surface area contributed by atoms with Crippen LogP contribution in [0.1, 0.15) is 21.6 Å². The number of aryl methyl sites for hydroxylation is 1. The number of rotatable bonds is 6. The van der Waals surface area contributed by atoms with Crippen LogP contribution in [0, 0.1) is 12.7 Å². The number of carboxylic acid groups (broad SMARTS) is 1. The maximum Gasteiger partial charge on any atom is 0.335 e. The highest BCUT2D eigenvalue weighted by molar-refractivity contribution is 9.10. The number of carboxylic acids is 1. The number of aromatic nitrogens is 1. The van der Waals surface area contributed by atoms with E-state index in [0.29, 0.717) is 36.5 Å². The van der Waals surface area contributed by atoms with Gasteiger partial charge >= 0.3 is 5.97 Å². The van der Waals surface area contributed by atoms with E-state index in [1.165, 1.54) is 6.07 Å². The molecule has 8 heteroatoms. The molecule has 0 atom stereocenters. The summed E-state index contributed by atoms with van der Waals surface area (Å²) in [5, 5.41) is 10.00. The molecule has 1 N–H and O–H groups in total. The van der Waals surface area contributed by atoms with Crippen molar-refractivity contribution in [3.05, 3.63) is 103 Å². The fraction of sp³-hybridized carbons (Fsp3) is 0.0800. The Hall–Kier alpha value is -2.61. The molecule has 0 saturated carbocycles. The zero-order valence-electron chi connectivity index (χ0n) is 17.3. The van der Waals surface area contributed by atoms with Crippen LogP contribution in [0.15, 0.2) is 75.7 Å².